The highest BCUT2D eigenvalue weighted by atomic mass is 35.5. The van der Waals surface area contributed by atoms with E-state index >= 15 is 0 Å². The van der Waals surface area contributed by atoms with Gasteiger partial charge in [-0.25, -0.2) is 4.79 Å². The summed E-state index contributed by atoms with van der Waals surface area (Å²) in [7, 11) is -3.56. The van der Waals surface area contributed by atoms with Crippen LogP contribution < -0.4 is 10.9 Å². The van der Waals surface area contributed by atoms with E-state index in [0.29, 0.717) is 21.9 Å². The van der Waals surface area contributed by atoms with Crippen LogP contribution in [0.2, 0.25) is 5.02 Å². The zero-order valence-corrected chi connectivity index (χ0v) is 18.1. The molecular formula is C21H23ClNO5P. The summed E-state index contributed by atoms with van der Waals surface area (Å²) in [6.45, 7) is 5.83. The Labute approximate surface area is 174 Å². The number of halogens is 1. The number of hydrogen-bond acceptors (Lipinski definition) is 6. The second-order valence-corrected chi connectivity index (χ2v) is 8.98. The topological polar surface area (TPSA) is 77.8 Å². The molecule has 0 saturated carbocycles. The second kappa shape index (κ2) is 9.14. The van der Waals surface area contributed by atoms with Crippen molar-refractivity contribution in [2.24, 2.45) is 0 Å². The van der Waals surface area contributed by atoms with Gasteiger partial charge in [-0.3, -0.25) is 4.57 Å². The number of nitrogens with one attached hydrogen (secondary N) is 1. The number of aryl methyl sites for hydroxylation is 1. The van der Waals surface area contributed by atoms with E-state index in [-0.39, 0.29) is 13.2 Å². The fourth-order valence-corrected chi connectivity index (χ4v) is 5.17. The third-order valence-corrected chi connectivity index (χ3v) is 6.92. The van der Waals surface area contributed by atoms with Crippen molar-refractivity contribution in [1.82, 2.24) is 0 Å². The maximum absolute atomic E-state index is 13.6. The van der Waals surface area contributed by atoms with Crippen LogP contribution in [0.3, 0.4) is 0 Å². The van der Waals surface area contributed by atoms with Crippen molar-refractivity contribution >= 4 is 35.9 Å². The summed E-state index contributed by atoms with van der Waals surface area (Å²) in [5.74, 6) is -0.770. The third kappa shape index (κ3) is 4.90. The number of anilines is 1. The average Bonchev–Trinajstić information content (AvgIpc) is 2.67. The van der Waals surface area contributed by atoms with Crippen LogP contribution in [-0.4, -0.2) is 13.2 Å². The predicted molar refractivity (Wildman–Crippen MR) is 116 cm³/mol. The molecule has 0 aliphatic rings. The van der Waals surface area contributed by atoms with E-state index in [1.165, 1.54) is 6.07 Å². The molecule has 1 unspecified atom stereocenters. The third-order valence-electron chi connectivity index (χ3n) is 4.37. The molecule has 2 aromatic carbocycles. The van der Waals surface area contributed by atoms with Gasteiger partial charge in [0.2, 0.25) is 0 Å². The van der Waals surface area contributed by atoms with Gasteiger partial charge in [-0.1, -0.05) is 23.7 Å². The van der Waals surface area contributed by atoms with Crippen LogP contribution in [0.15, 0.2) is 57.7 Å². The van der Waals surface area contributed by atoms with Crippen LogP contribution >= 0.6 is 19.2 Å². The molecule has 3 aromatic rings. The molecule has 1 atom stereocenters. The van der Waals surface area contributed by atoms with Crippen LogP contribution in [0.1, 0.15) is 30.8 Å². The Kier molecular flexibility index (Phi) is 6.81. The minimum atomic E-state index is -3.56. The Morgan fingerprint density at radius 2 is 1.72 bits per heavy atom. The fourth-order valence-electron chi connectivity index (χ4n) is 3.11. The largest absolute Gasteiger partial charge is 0.423 e. The highest BCUT2D eigenvalue weighted by Crippen LogP contribution is 2.60. The normalized spacial score (nSPS) is 12.8. The van der Waals surface area contributed by atoms with Gasteiger partial charge in [-0.05, 0) is 56.2 Å². The molecule has 0 spiro atoms. The Bertz CT molecular complexity index is 1090. The lowest BCUT2D eigenvalue weighted by atomic mass is 10.1. The van der Waals surface area contributed by atoms with Crippen LogP contribution in [0.4, 0.5) is 5.69 Å². The van der Waals surface area contributed by atoms with E-state index in [1.807, 2.05) is 19.1 Å². The molecule has 0 aliphatic heterocycles. The maximum Gasteiger partial charge on any atom is 0.357 e. The van der Waals surface area contributed by atoms with Gasteiger partial charge in [-0.2, -0.15) is 0 Å². The molecule has 0 saturated heterocycles. The lowest BCUT2D eigenvalue weighted by Gasteiger charge is -2.28. The summed E-state index contributed by atoms with van der Waals surface area (Å²) in [6, 6.07) is 13.8. The quantitative estimate of drug-likeness (QED) is 0.338. The van der Waals surface area contributed by atoms with Crippen molar-refractivity contribution in [3.05, 3.63) is 75.1 Å². The first-order chi connectivity index (χ1) is 13.9. The molecule has 0 aliphatic carbocycles. The molecule has 6 nitrogen and oxygen atoms in total. The summed E-state index contributed by atoms with van der Waals surface area (Å²) in [6.07, 6.45) is 0. The molecule has 1 N–H and O–H groups in total. The molecular weight excluding hydrogens is 413 g/mol. The highest BCUT2D eigenvalue weighted by Gasteiger charge is 2.37. The molecule has 154 valence electrons. The smallest absolute Gasteiger partial charge is 0.357 e. The van der Waals surface area contributed by atoms with Crippen molar-refractivity contribution in [2.45, 2.75) is 26.6 Å². The minimum absolute atomic E-state index is 0.231. The highest BCUT2D eigenvalue weighted by molar-refractivity contribution is 7.54. The molecule has 0 radical (unpaired) electrons. The van der Waals surface area contributed by atoms with Crippen molar-refractivity contribution in [3.8, 4) is 0 Å². The summed E-state index contributed by atoms with van der Waals surface area (Å²) in [5, 5.41) is 4.64. The van der Waals surface area contributed by atoms with Crippen LogP contribution in [-0.2, 0) is 13.6 Å². The molecule has 29 heavy (non-hydrogen) atoms. The predicted octanol–water partition coefficient (Wildman–Crippen LogP) is 6.13. The Morgan fingerprint density at radius 3 is 2.34 bits per heavy atom. The van der Waals surface area contributed by atoms with Crippen molar-refractivity contribution in [3.63, 3.8) is 0 Å². The van der Waals surface area contributed by atoms with E-state index in [0.717, 1.165) is 10.9 Å². The molecule has 1 heterocycles. The summed E-state index contributed by atoms with van der Waals surface area (Å²) < 4.78 is 30.0. The summed E-state index contributed by atoms with van der Waals surface area (Å²) in [5.41, 5.74) is 2.16. The first-order valence-corrected chi connectivity index (χ1v) is 11.3. The molecule has 1 aromatic heterocycles. The van der Waals surface area contributed by atoms with Gasteiger partial charge >= 0.3 is 13.2 Å². The zero-order chi connectivity index (χ0) is 21.0. The van der Waals surface area contributed by atoms with Gasteiger partial charge < -0.3 is 18.8 Å². The maximum atomic E-state index is 13.6. The monoisotopic (exact) mass is 435 g/mol. The van der Waals surface area contributed by atoms with Gasteiger partial charge in [0.15, 0.2) is 5.78 Å². The molecule has 0 bridgehead atoms. The van der Waals surface area contributed by atoms with E-state index in [2.05, 4.69) is 5.32 Å². The van der Waals surface area contributed by atoms with Gasteiger partial charge in [0.1, 0.15) is 5.58 Å². The number of rotatable bonds is 8. The average molecular weight is 436 g/mol. The molecule has 3 rings (SSSR count). The van der Waals surface area contributed by atoms with E-state index in [4.69, 9.17) is 25.1 Å². The molecule has 0 fully saturated rings. The van der Waals surface area contributed by atoms with Crippen molar-refractivity contribution in [1.29, 1.82) is 0 Å². The zero-order valence-electron chi connectivity index (χ0n) is 16.5. The fraction of sp³-hybridized carbons (Fsp3) is 0.286. The summed E-state index contributed by atoms with van der Waals surface area (Å²) >= 11 is 6.01. The lowest BCUT2D eigenvalue weighted by Crippen LogP contribution is -2.15. The van der Waals surface area contributed by atoms with Crippen LogP contribution in [0.5, 0.6) is 0 Å². The second-order valence-electron chi connectivity index (χ2n) is 6.43. The van der Waals surface area contributed by atoms with Gasteiger partial charge in [0.25, 0.3) is 0 Å². The van der Waals surface area contributed by atoms with Gasteiger partial charge in [0.05, 0.1) is 13.2 Å². The van der Waals surface area contributed by atoms with Crippen molar-refractivity contribution < 1.29 is 18.0 Å². The van der Waals surface area contributed by atoms with Gasteiger partial charge in [-0.15, -0.1) is 0 Å². The lowest BCUT2D eigenvalue weighted by molar-refractivity contribution is 0.214. The number of benzene rings is 2. The Hall–Kier alpha value is -2.11. The first kappa shape index (κ1) is 21.6. The first-order valence-electron chi connectivity index (χ1n) is 9.31. The van der Waals surface area contributed by atoms with E-state index in [1.54, 1.807) is 44.2 Å². The Morgan fingerprint density at radius 1 is 1.07 bits per heavy atom. The number of hydrogen-bond donors (Lipinski definition) is 1. The Balaban J connectivity index is 2.06. The minimum Gasteiger partial charge on any atom is -0.423 e. The van der Waals surface area contributed by atoms with E-state index < -0.39 is 19.0 Å². The van der Waals surface area contributed by atoms with Gasteiger partial charge in [0, 0.05) is 28.2 Å². The number of fused-ring (bicyclic) bond motifs is 1. The molecule has 0 amide bonds. The molecule has 8 heteroatoms. The SMILES string of the molecule is CCOP(=O)(OCC)C(Nc1ccc2c(C)cc(=O)oc2c1)c1ccc(Cl)cc1. The van der Waals surface area contributed by atoms with E-state index in [9.17, 15) is 9.36 Å². The summed E-state index contributed by atoms with van der Waals surface area (Å²) in [4.78, 5) is 11.7. The van der Waals surface area contributed by atoms with Crippen LogP contribution in [0.25, 0.3) is 11.0 Å². The van der Waals surface area contributed by atoms with Crippen LogP contribution in [0, 0.1) is 6.92 Å². The standard InChI is InChI=1S/C21H23ClNO5P/c1-4-26-29(25,27-5-2)21(15-6-8-16(22)9-7-15)23-17-10-11-18-14(3)12-20(24)28-19(18)13-17/h6-13,21,23H,4-5H2,1-3H3. The van der Waals surface area contributed by atoms with Crippen molar-refractivity contribution in [2.75, 3.05) is 18.5 Å².